The predicted molar refractivity (Wildman–Crippen MR) is 98.3 cm³/mol. The molecule has 0 bridgehead atoms. The van der Waals surface area contributed by atoms with E-state index >= 15 is 0 Å². The van der Waals surface area contributed by atoms with Crippen molar-refractivity contribution in [1.82, 2.24) is 14.7 Å². The standard InChI is InChI=1S/C19H23F3N4O2/c1-18(2)15(19(20,21)22)8-11-26(18)17(27)23-16-9-10-25(24-16)12-13-4-6-14(28-3)7-5-13/h4-7,9-10,15H,8,11-12H2,1-3H3,(H,23,24,27). The highest BCUT2D eigenvalue weighted by Gasteiger charge is 2.56. The van der Waals surface area contributed by atoms with Gasteiger partial charge in [0.2, 0.25) is 0 Å². The molecule has 2 heterocycles. The summed E-state index contributed by atoms with van der Waals surface area (Å²) in [5.74, 6) is -0.495. The van der Waals surface area contributed by atoms with Gasteiger partial charge in [0.15, 0.2) is 5.82 Å². The molecule has 1 aromatic heterocycles. The van der Waals surface area contributed by atoms with Crippen LogP contribution in [-0.2, 0) is 6.54 Å². The monoisotopic (exact) mass is 396 g/mol. The fraction of sp³-hybridized carbons (Fsp3) is 0.474. The van der Waals surface area contributed by atoms with Crippen molar-refractivity contribution in [2.45, 2.75) is 38.5 Å². The first kappa shape index (κ1) is 20.0. The summed E-state index contributed by atoms with van der Waals surface area (Å²) in [4.78, 5) is 13.8. The molecule has 2 amide bonds. The second-order valence-electron chi connectivity index (χ2n) is 7.36. The van der Waals surface area contributed by atoms with Gasteiger partial charge in [-0.3, -0.25) is 10.00 Å². The van der Waals surface area contributed by atoms with Crippen molar-refractivity contribution >= 4 is 11.8 Å². The van der Waals surface area contributed by atoms with Crippen molar-refractivity contribution in [3.05, 3.63) is 42.1 Å². The van der Waals surface area contributed by atoms with E-state index in [0.29, 0.717) is 12.4 Å². The maximum absolute atomic E-state index is 13.2. The van der Waals surface area contributed by atoms with Gasteiger partial charge < -0.3 is 9.64 Å². The third kappa shape index (κ3) is 4.07. The molecule has 28 heavy (non-hydrogen) atoms. The number of urea groups is 1. The highest BCUT2D eigenvalue weighted by molar-refractivity contribution is 5.89. The number of rotatable bonds is 4. The lowest BCUT2D eigenvalue weighted by atomic mass is 9.88. The molecule has 1 aliphatic heterocycles. The van der Waals surface area contributed by atoms with Crippen LogP contribution in [0.5, 0.6) is 5.75 Å². The number of alkyl halides is 3. The highest BCUT2D eigenvalue weighted by Crippen LogP contribution is 2.44. The Morgan fingerprint density at radius 2 is 1.96 bits per heavy atom. The second kappa shape index (κ2) is 7.37. The van der Waals surface area contributed by atoms with Gasteiger partial charge in [-0.05, 0) is 38.0 Å². The molecule has 1 aromatic carbocycles. The van der Waals surface area contributed by atoms with Gasteiger partial charge in [-0.1, -0.05) is 12.1 Å². The van der Waals surface area contributed by atoms with E-state index in [2.05, 4.69) is 10.4 Å². The maximum atomic E-state index is 13.2. The number of methoxy groups -OCH3 is 1. The summed E-state index contributed by atoms with van der Waals surface area (Å²) in [7, 11) is 1.59. The average molecular weight is 396 g/mol. The normalized spacial score (nSPS) is 18.9. The quantitative estimate of drug-likeness (QED) is 0.845. The van der Waals surface area contributed by atoms with Crippen LogP contribution in [0.2, 0.25) is 0 Å². The van der Waals surface area contributed by atoms with Crippen LogP contribution in [0.15, 0.2) is 36.5 Å². The Morgan fingerprint density at radius 1 is 1.29 bits per heavy atom. The Balaban J connectivity index is 1.64. The zero-order chi connectivity index (χ0) is 20.5. The molecule has 1 atom stereocenters. The first-order chi connectivity index (χ1) is 13.1. The summed E-state index contributed by atoms with van der Waals surface area (Å²) in [5.41, 5.74) is -0.316. The number of likely N-dealkylation sites (tertiary alicyclic amines) is 1. The molecular weight excluding hydrogens is 373 g/mol. The fourth-order valence-electron chi connectivity index (χ4n) is 3.63. The molecule has 1 saturated heterocycles. The minimum atomic E-state index is -4.33. The number of nitrogens with one attached hydrogen (secondary N) is 1. The van der Waals surface area contributed by atoms with Crippen molar-refractivity contribution in [3.63, 3.8) is 0 Å². The van der Waals surface area contributed by atoms with Crippen LogP contribution in [0, 0.1) is 5.92 Å². The Kier molecular flexibility index (Phi) is 5.27. The van der Waals surface area contributed by atoms with Crippen molar-refractivity contribution in [2.75, 3.05) is 19.0 Å². The average Bonchev–Trinajstić information content (AvgIpc) is 3.18. The largest absolute Gasteiger partial charge is 0.497 e. The van der Waals surface area contributed by atoms with Gasteiger partial charge >= 0.3 is 12.2 Å². The van der Waals surface area contributed by atoms with Crippen molar-refractivity contribution in [1.29, 1.82) is 0 Å². The summed E-state index contributed by atoms with van der Waals surface area (Å²) in [6.45, 7) is 3.43. The van der Waals surface area contributed by atoms with Gasteiger partial charge in [-0.2, -0.15) is 18.3 Å². The molecule has 2 aromatic rings. The smallest absolute Gasteiger partial charge is 0.394 e. The zero-order valence-corrected chi connectivity index (χ0v) is 16.0. The lowest BCUT2D eigenvalue weighted by Gasteiger charge is -2.36. The second-order valence-corrected chi connectivity index (χ2v) is 7.36. The van der Waals surface area contributed by atoms with Crippen LogP contribution in [0.3, 0.4) is 0 Å². The minimum Gasteiger partial charge on any atom is -0.497 e. The molecule has 3 rings (SSSR count). The van der Waals surface area contributed by atoms with Gasteiger partial charge in [0, 0.05) is 18.8 Å². The van der Waals surface area contributed by atoms with Gasteiger partial charge in [0.1, 0.15) is 5.75 Å². The molecule has 0 radical (unpaired) electrons. The minimum absolute atomic E-state index is 0.0512. The van der Waals surface area contributed by atoms with E-state index in [-0.39, 0.29) is 13.0 Å². The van der Waals surface area contributed by atoms with Crippen LogP contribution >= 0.6 is 0 Å². The van der Waals surface area contributed by atoms with E-state index in [1.54, 1.807) is 24.1 Å². The number of nitrogens with zero attached hydrogens (tertiary/aromatic N) is 3. The zero-order valence-electron chi connectivity index (χ0n) is 16.0. The van der Waals surface area contributed by atoms with Gasteiger partial charge in [0.25, 0.3) is 0 Å². The van der Waals surface area contributed by atoms with Crippen LogP contribution in [0.4, 0.5) is 23.8 Å². The van der Waals surface area contributed by atoms with Crippen molar-refractivity contribution in [2.24, 2.45) is 5.92 Å². The number of hydrogen-bond donors (Lipinski definition) is 1. The molecule has 9 heteroatoms. The molecule has 1 fully saturated rings. The molecule has 1 unspecified atom stereocenters. The molecule has 0 saturated carbocycles. The highest BCUT2D eigenvalue weighted by atomic mass is 19.4. The number of ether oxygens (including phenoxy) is 1. The Bertz CT molecular complexity index is 830. The van der Waals surface area contributed by atoms with Gasteiger partial charge in [-0.15, -0.1) is 0 Å². The fourth-order valence-corrected chi connectivity index (χ4v) is 3.63. The van der Waals surface area contributed by atoms with Crippen LogP contribution in [0.25, 0.3) is 0 Å². The van der Waals surface area contributed by atoms with E-state index in [4.69, 9.17) is 4.74 Å². The predicted octanol–water partition coefficient (Wildman–Crippen LogP) is 4.13. The van der Waals surface area contributed by atoms with E-state index < -0.39 is 23.7 Å². The Morgan fingerprint density at radius 3 is 2.54 bits per heavy atom. The maximum Gasteiger partial charge on any atom is 0.394 e. The number of hydrogen-bond acceptors (Lipinski definition) is 3. The molecule has 0 aliphatic carbocycles. The number of carbonyl (C=O) groups is 1. The number of amides is 2. The SMILES string of the molecule is COc1ccc(Cn2ccc(NC(=O)N3CCC(C(F)(F)F)C3(C)C)n2)cc1. The first-order valence-electron chi connectivity index (χ1n) is 8.93. The number of halogens is 3. The van der Waals surface area contributed by atoms with Crippen LogP contribution in [-0.4, -0.2) is 46.1 Å². The first-order valence-corrected chi connectivity index (χ1v) is 8.93. The number of benzene rings is 1. The Labute approximate surface area is 161 Å². The van der Waals surface area contributed by atoms with E-state index in [9.17, 15) is 18.0 Å². The van der Waals surface area contributed by atoms with Gasteiger partial charge in [0.05, 0.1) is 25.1 Å². The van der Waals surface area contributed by atoms with Gasteiger partial charge in [-0.25, -0.2) is 4.79 Å². The summed E-state index contributed by atoms with van der Waals surface area (Å²) < 4.78 is 46.3. The molecule has 1 N–H and O–H groups in total. The van der Waals surface area contributed by atoms with Crippen molar-refractivity contribution < 1.29 is 22.7 Å². The topological polar surface area (TPSA) is 59.4 Å². The lowest BCUT2D eigenvalue weighted by Crippen LogP contribution is -2.51. The number of anilines is 1. The third-order valence-corrected chi connectivity index (χ3v) is 5.21. The molecular formula is C19H23F3N4O2. The molecule has 152 valence electrons. The molecule has 6 nitrogen and oxygen atoms in total. The summed E-state index contributed by atoms with van der Waals surface area (Å²) >= 11 is 0. The summed E-state index contributed by atoms with van der Waals surface area (Å²) in [5, 5.41) is 6.88. The summed E-state index contributed by atoms with van der Waals surface area (Å²) in [6, 6.07) is 8.53. The van der Waals surface area contributed by atoms with E-state index in [1.165, 1.54) is 18.7 Å². The van der Waals surface area contributed by atoms with E-state index in [1.807, 2.05) is 24.3 Å². The summed E-state index contributed by atoms with van der Waals surface area (Å²) in [6.07, 6.45) is -2.73. The molecule has 0 spiro atoms. The third-order valence-electron chi connectivity index (χ3n) is 5.21. The lowest BCUT2D eigenvalue weighted by molar-refractivity contribution is -0.189. The number of carbonyl (C=O) groups excluding carboxylic acids is 1. The van der Waals surface area contributed by atoms with Crippen LogP contribution in [0.1, 0.15) is 25.8 Å². The van der Waals surface area contributed by atoms with Crippen molar-refractivity contribution in [3.8, 4) is 5.75 Å². The van der Waals surface area contributed by atoms with Crippen LogP contribution < -0.4 is 10.1 Å². The number of aromatic nitrogens is 2. The molecule has 1 aliphatic rings. The Hall–Kier alpha value is -2.71. The van der Waals surface area contributed by atoms with E-state index in [0.717, 1.165) is 11.3 Å².